The number of aryl methyl sites for hydroxylation is 1. The molecule has 1 aromatic carbocycles. The average molecular weight is 218 g/mol. The van der Waals surface area contributed by atoms with Gasteiger partial charge in [0.25, 0.3) is 0 Å². The van der Waals surface area contributed by atoms with Gasteiger partial charge in [-0.15, -0.1) is 0 Å². The predicted octanol–water partition coefficient (Wildman–Crippen LogP) is 1.88. The van der Waals surface area contributed by atoms with Crippen LogP contribution in [-0.2, 0) is 0 Å². The highest BCUT2D eigenvalue weighted by atomic mass is 16.5. The van der Waals surface area contributed by atoms with Crippen molar-refractivity contribution in [2.24, 2.45) is 0 Å². The van der Waals surface area contributed by atoms with Gasteiger partial charge in [0.1, 0.15) is 6.10 Å². The lowest BCUT2D eigenvalue weighted by molar-refractivity contribution is 0.221. The van der Waals surface area contributed by atoms with Gasteiger partial charge in [-0.2, -0.15) is 0 Å². The molecule has 1 N–H and O–H groups in total. The van der Waals surface area contributed by atoms with E-state index in [1.807, 2.05) is 25.1 Å². The van der Waals surface area contributed by atoms with Crippen molar-refractivity contribution >= 4 is 11.0 Å². The molecule has 0 saturated carbocycles. The van der Waals surface area contributed by atoms with E-state index in [2.05, 4.69) is 10.5 Å². The number of hydrogen-bond acceptors (Lipinski definition) is 4. The number of rotatable bonds is 2. The van der Waals surface area contributed by atoms with Gasteiger partial charge in [0.15, 0.2) is 5.75 Å². The summed E-state index contributed by atoms with van der Waals surface area (Å²) in [5.41, 5.74) is 1.66. The fraction of sp³-hybridized carbons (Fsp3) is 0.417. The molecule has 84 valence electrons. The normalized spacial score (nSPS) is 20.4. The van der Waals surface area contributed by atoms with Crippen LogP contribution in [0.1, 0.15) is 12.1 Å². The Kier molecular flexibility index (Phi) is 2.29. The Labute approximate surface area is 93.6 Å². The summed E-state index contributed by atoms with van der Waals surface area (Å²) in [6.07, 6.45) is 1.29. The number of para-hydroxylation sites is 1. The summed E-state index contributed by atoms with van der Waals surface area (Å²) in [6, 6.07) is 5.91. The summed E-state index contributed by atoms with van der Waals surface area (Å²) >= 11 is 0. The lowest BCUT2D eigenvalue weighted by atomic mass is 10.2. The number of nitrogens with one attached hydrogen (secondary N) is 1. The summed E-state index contributed by atoms with van der Waals surface area (Å²) in [4.78, 5) is 0. The average Bonchev–Trinajstić information content (AvgIpc) is 2.90. The molecule has 1 saturated heterocycles. The number of hydrogen-bond donors (Lipinski definition) is 1. The Morgan fingerprint density at radius 3 is 3.25 bits per heavy atom. The highest BCUT2D eigenvalue weighted by molar-refractivity contribution is 5.84. The third-order valence-corrected chi connectivity index (χ3v) is 2.95. The number of benzene rings is 1. The fourth-order valence-electron chi connectivity index (χ4n) is 2.06. The fourth-order valence-corrected chi connectivity index (χ4v) is 2.06. The van der Waals surface area contributed by atoms with E-state index in [0.29, 0.717) is 0 Å². The quantitative estimate of drug-likeness (QED) is 0.836. The van der Waals surface area contributed by atoms with Crippen molar-refractivity contribution in [3.8, 4) is 5.75 Å². The molecule has 1 aliphatic heterocycles. The molecule has 1 fully saturated rings. The van der Waals surface area contributed by atoms with Crippen molar-refractivity contribution in [3.05, 3.63) is 23.9 Å². The van der Waals surface area contributed by atoms with Gasteiger partial charge in [-0.3, -0.25) is 0 Å². The Morgan fingerprint density at radius 1 is 1.50 bits per heavy atom. The van der Waals surface area contributed by atoms with Gasteiger partial charge in [0, 0.05) is 11.9 Å². The Morgan fingerprint density at radius 2 is 2.44 bits per heavy atom. The third kappa shape index (κ3) is 1.55. The van der Waals surface area contributed by atoms with E-state index in [0.717, 1.165) is 41.9 Å². The molecule has 0 spiro atoms. The molecule has 0 amide bonds. The maximum absolute atomic E-state index is 5.91. The number of fused-ring (bicyclic) bond motifs is 1. The second-order valence-corrected chi connectivity index (χ2v) is 4.13. The van der Waals surface area contributed by atoms with E-state index in [4.69, 9.17) is 9.26 Å². The minimum atomic E-state index is 0.246. The van der Waals surface area contributed by atoms with Crippen LogP contribution in [0.15, 0.2) is 22.7 Å². The van der Waals surface area contributed by atoms with Gasteiger partial charge in [-0.05, 0) is 32.0 Å². The minimum absolute atomic E-state index is 0.246. The summed E-state index contributed by atoms with van der Waals surface area (Å²) in [6.45, 7) is 3.87. The molecule has 2 aromatic rings. The van der Waals surface area contributed by atoms with Crippen molar-refractivity contribution < 1.29 is 9.26 Å². The van der Waals surface area contributed by atoms with Crippen LogP contribution in [0.5, 0.6) is 5.75 Å². The first-order chi connectivity index (χ1) is 7.84. The Bertz CT molecular complexity index is 501. The topological polar surface area (TPSA) is 47.3 Å². The molecule has 1 aromatic heterocycles. The third-order valence-electron chi connectivity index (χ3n) is 2.95. The molecule has 0 bridgehead atoms. The molecular weight excluding hydrogens is 204 g/mol. The molecule has 1 aliphatic rings. The van der Waals surface area contributed by atoms with Crippen molar-refractivity contribution in [2.45, 2.75) is 19.4 Å². The summed E-state index contributed by atoms with van der Waals surface area (Å²) in [5.74, 6) is 0.798. The first-order valence-electron chi connectivity index (χ1n) is 5.57. The van der Waals surface area contributed by atoms with Crippen LogP contribution in [0.4, 0.5) is 0 Å². The first kappa shape index (κ1) is 9.66. The van der Waals surface area contributed by atoms with Crippen LogP contribution in [0.25, 0.3) is 11.0 Å². The van der Waals surface area contributed by atoms with Crippen LogP contribution in [0, 0.1) is 6.92 Å². The first-order valence-corrected chi connectivity index (χ1v) is 5.57. The van der Waals surface area contributed by atoms with Crippen molar-refractivity contribution in [1.29, 1.82) is 0 Å². The number of nitrogens with zero attached hydrogens (tertiary/aromatic N) is 1. The molecule has 0 aliphatic carbocycles. The Hall–Kier alpha value is -1.55. The largest absolute Gasteiger partial charge is 0.485 e. The smallest absolute Gasteiger partial charge is 0.208 e. The van der Waals surface area contributed by atoms with E-state index in [1.54, 1.807) is 0 Å². The van der Waals surface area contributed by atoms with E-state index < -0.39 is 0 Å². The monoisotopic (exact) mass is 218 g/mol. The zero-order valence-electron chi connectivity index (χ0n) is 9.19. The van der Waals surface area contributed by atoms with Gasteiger partial charge in [-0.25, -0.2) is 0 Å². The highest BCUT2D eigenvalue weighted by Gasteiger charge is 2.18. The molecule has 2 heterocycles. The van der Waals surface area contributed by atoms with Crippen LogP contribution in [-0.4, -0.2) is 24.4 Å². The van der Waals surface area contributed by atoms with Gasteiger partial charge >= 0.3 is 0 Å². The summed E-state index contributed by atoms with van der Waals surface area (Å²) in [7, 11) is 0. The summed E-state index contributed by atoms with van der Waals surface area (Å²) < 4.78 is 11.2. The van der Waals surface area contributed by atoms with Crippen LogP contribution < -0.4 is 10.1 Å². The van der Waals surface area contributed by atoms with Crippen LogP contribution in [0.2, 0.25) is 0 Å². The van der Waals surface area contributed by atoms with Gasteiger partial charge in [0.2, 0.25) is 5.58 Å². The molecule has 16 heavy (non-hydrogen) atoms. The van der Waals surface area contributed by atoms with Gasteiger partial charge in [0.05, 0.1) is 5.69 Å². The second kappa shape index (κ2) is 3.79. The van der Waals surface area contributed by atoms with Crippen LogP contribution in [0.3, 0.4) is 0 Å². The van der Waals surface area contributed by atoms with Gasteiger partial charge in [-0.1, -0.05) is 11.2 Å². The molecule has 4 heteroatoms. The van der Waals surface area contributed by atoms with E-state index in [-0.39, 0.29) is 6.10 Å². The van der Waals surface area contributed by atoms with E-state index >= 15 is 0 Å². The maximum atomic E-state index is 5.91. The lowest BCUT2D eigenvalue weighted by Gasteiger charge is -2.11. The summed E-state index contributed by atoms with van der Waals surface area (Å²) in [5, 5.41) is 8.27. The standard InChI is InChI=1S/C12H14N2O2/c1-8-10-3-2-4-11(12(10)16-14-8)15-9-5-6-13-7-9/h2-4,9,13H,5-7H2,1H3. The molecule has 0 radical (unpaired) electrons. The Balaban J connectivity index is 1.96. The zero-order chi connectivity index (χ0) is 11.0. The van der Waals surface area contributed by atoms with E-state index in [9.17, 15) is 0 Å². The van der Waals surface area contributed by atoms with Crippen molar-refractivity contribution in [3.63, 3.8) is 0 Å². The maximum Gasteiger partial charge on any atom is 0.208 e. The van der Waals surface area contributed by atoms with Crippen LogP contribution >= 0.6 is 0 Å². The minimum Gasteiger partial charge on any atom is -0.485 e. The van der Waals surface area contributed by atoms with Gasteiger partial charge < -0.3 is 14.6 Å². The molecule has 4 nitrogen and oxygen atoms in total. The number of ether oxygens (including phenoxy) is 1. The highest BCUT2D eigenvalue weighted by Crippen LogP contribution is 2.28. The van der Waals surface area contributed by atoms with Crippen molar-refractivity contribution in [2.75, 3.05) is 13.1 Å². The van der Waals surface area contributed by atoms with E-state index in [1.165, 1.54) is 0 Å². The zero-order valence-corrected chi connectivity index (χ0v) is 9.19. The molecule has 3 rings (SSSR count). The predicted molar refractivity (Wildman–Crippen MR) is 60.6 cm³/mol. The molecule has 1 atom stereocenters. The lowest BCUT2D eigenvalue weighted by Crippen LogP contribution is -2.19. The second-order valence-electron chi connectivity index (χ2n) is 4.13. The SMILES string of the molecule is Cc1noc2c(OC3CCNC3)cccc12. The van der Waals surface area contributed by atoms with Crippen molar-refractivity contribution in [1.82, 2.24) is 10.5 Å². The molecular formula is C12H14N2O2. The molecule has 1 unspecified atom stereocenters. The number of aromatic nitrogens is 1.